The van der Waals surface area contributed by atoms with Crippen molar-refractivity contribution in [3.8, 4) is 0 Å². The van der Waals surface area contributed by atoms with Crippen LogP contribution in [0.5, 0.6) is 0 Å². The van der Waals surface area contributed by atoms with E-state index >= 15 is 0 Å². The first-order valence-corrected chi connectivity index (χ1v) is 10.8. The number of rotatable bonds is 14. The molecule has 0 aromatic rings. The fourth-order valence-electron chi connectivity index (χ4n) is 1.12. The minimum Gasteiger partial charge on any atom is -0.313 e. The molecule has 116 valence electrons. The van der Waals surface area contributed by atoms with Gasteiger partial charge in [0.1, 0.15) is 0 Å². The molecule has 0 atom stereocenters. The van der Waals surface area contributed by atoms with E-state index in [1.807, 2.05) is 0 Å². The molecule has 7 heteroatoms. The van der Waals surface area contributed by atoms with Gasteiger partial charge in [0.05, 0.1) is 19.8 Å². The molecule has 0 aliphatic carbocycles. The third kappa shape index (κ3) is 10.5. The Kier molecular flexibility index (Phi) is 15.0. The molecule has 19 heavy (non-hydrogen) atoms. The van der Waals surface area contributed by atoms with Crippen LogP contribution in [0.15, 0.2) is 0 Å². The van der Waals surface area contributed by atoms with Gasteiger partial charge in [-0.05, 0) is 25.7 Å². The van der Waals surface area contributed by atoms with E-state index < -0.39 is 0 Å². The van der Waals surface area contributed by atoms with Gasteiger partial charge in [-0.2, -0.15) is 0 Å². The van der Waals surface area contributed by atoms with Crippen molar-refractivity contribution in [3.05, 3.63) is 0 Å². The average Bonchev–Trinajstić information content (AvgIpc) is 2.40. The van der Waals surface area contributed by atoms with Crippen molar-refractivity contribution in [2.24, 2.45) is 0 Å². The normalized spacial score (nSPS) is 12.2. The van der Waals surface area contributed by atoms with Gasteiger partial charge in [-0.3, -0.25) is 0 Å². The molecule has 0 saturated heterocycles. The first-order chi connectivity index (χ1) is 9.24. The Morgan fingerprint density at radius 2 is 1.16 bits per heavy atom. The van der Waals surface area contributed by atoms with Gasteiger partial charge in [-0.25, -0.2) is 0 Å². The second-order valence-corrected chi connectivity index (χ2v) is 9.22. The van der Waals surface area contributed by atoms with E-state index in [9.17, 15) is 0 Å². The Morgan fingerprint density at radius 3 is 1.42 bits per heavy atom. The number of hydrogen-bond acceptors (Lipinski definition) is 6. The maximum atomic E-state index is 5.69. The predicted octanol–water partition coefficient (Wildman–Crippen LogP) is 4.04. The SMILES string of the molecule is CCCOSC(CC[SiH3])(SOCCC)SOCCC. The van der Waals surface area contributed by atoms with Gasteiger partial charge >= 0.3 is 0 Å². The van der Waals surface area contributed by atoms with Crippen LogP contribution in [0.25, 0.3) is 0 Å². The molecule has 0 unspecified atom stereocenters. The zero-order valence-electron chi connectivity index (χ0n) is 12.6. The zero-order valence-corrected chi connectivity index (χ0v) is 17.1. The van der Waals surface area contributed by atoms with E-state index in [0.29, 0.717) is 0 Å². The summed E-state index contributed by atoms with van der Waals surface area (Å²) in [6, 6.07) is 1.22. The molecule has 0 heterocycles. The van der Waals surface area contributed by atoms with Gasteiger partial charge in [-0.1, -0.05) is 26.8 Å². The van der Waals surface area contributed by atoms with Gasteiger partial charge in [0.25, 0.3) is 0 Å². The summed E-state index contributed by atoms with van der Waals surface area (Å²) in [5.41, 5.74) is 0. The van der Waals surface area contributed by atoms with Crippen LogP contribution < -0.4 is 0 Å². The highest BCUT2D eigenvalue weighted by Crippen LogP contribution is 2.51. The van der Waals surface area contributed by atoms with E-state index in [1.54, 1.807) is 0 Å². The van der Waals surface area contributed by atoms with Crippen LogP contribution in [0.1, 0.15) is 46.5 Å². The van der Waals surface area contributed by atoms with E-state index in [2.05, 4.69) is 20.8 Å². The molecule has 0 aromatic heterocycles. The van der Waals surface area contributed by atoms with Crippen molar-refractivity contribution in [2.45, 2.75) is 55.9 Å². The zero-order chi connectivity index (χ0) is 14.4. The van der Waals surface area contributed by atoms with Crippen molar-refractivity contribution in [1.82, 2.24) is 0 Å². The van der Waals surface area contributed by atoms with Gasteiger partial charge in [0, 0.05) is 46.4 Å². The molecular formula is C12H28O3S3Si. The lowest BCUT2D eigenvalue weighted by atomic mass is 10.5. The number of hydrogen-bond donors (Lipinski definition) is 0. The van der Waals surface area contributed by atoms with Gasteiger partial charge in [0.2, 0.25) is 0 Å². The quantitative estimate of drug-likeness (QED) is 0.204. The van der Waals surface area contributed by atoms with Crippen LogP contribution in [0.4, 0.5) is 0 Å². The molecular weight excluding hydrogens is 316 g/mol. The lowest BCUT2D eigenvalue weighted by molar-refractivity contribution is 0.353. The Labute approximate surface area is 134 Å². The fourth-order valence-corrected chi connectivity index (χ4v) is 6.30. The summed E-state index contributed by atoms with van der Waals surface area (Å²) in [5, 5.41) is 0. The minimum atomic E-state index is -0.179. The van der Waals surface area contributed by atoms with Crippen molar-refractivity contribution >= 4 is 46.4 Å². The van der Waals surface area contributed by atoms with Gasteiger partial charge in [0.15, 0.2) is 3.41 Å². The Hall–Kier alpha value is 1.15. The molecule has 0 amide bonds. The summed E-state index contributed by atoms with van der Waals surface area (Å²) in [6.45, 7) is 8.69. The maximum Gasteiger partial charge on any atom is 0.183 e. The largest absolute Gasteiger partial charge is 0.313 e. The topological polar surface area (TPSA) is 27.7 Å². The van der Waals surface area contributed by atoms with Crippen LogP contribution in [-0.2, 0) is 12.5 Å². The average molecular weight is 345 g/mol. The summed E-state index contributed by atoms with van der Waals surface area (Å²) in [4.78, 5) is 0. The Balaban J connectivity index is 4.37. The molecule has 0 rings (SSSR count). The lowest BCUT2D eigenvalue weighted by Gasteiger charge is -2.28. The van der Waals surface area contributed by atoms with E-state index in [1.165, 1.54) is 52.4 Å². The highest BCUT2D eigenvalue weighted by atomic mass is 32.3. The third-order valence-electron chi connectivity index (χ3n) is 1.98. The Bertz CT molecular complexity index is 173. The summed E-state index contributed by atoms with van der Waals surface area (Å²) in [7, 11) is 1.19. The molecule has 3 nitrogen and oxygen atoms in total. The molecule has 0 fully saturated rings. The summed E-state index contributed by atoms with van der Waals surface area (Å²) in [5.74, 6) is 0. The standard InChI is InChI=1S/C12H28O3S3Si/c1-4-8-13-16-12(7-11-19,17-14-9-5-2)18-15-10-6-3/h4-11H2,1-3,19H3. The van der Waals surface area contributed by atoms with Crippen molar-refractivity contribution in [1.29, 1.82) is 0 Å². The molecule has 0 aromatic carbocycles. The fraction of sp³-hybridized carbons (Fsp3) is 1.00. The second kappa shape index (κ2) is 14.1. The molecule has 0 bridgehead atoms. The van der Waals surface area contributed by atoms with Crippen molar-refractivity contribution in [2.75, 3.05) is 19.8 Å². The summed E-state index contributed by atoms with van der Waals surface area (Å²) in [6.07, 6.45) is 4.15. The first-order valence-electron chi connectivity index (χ1n) is 7.16. The van der Waals surface area contributed by atoms with E-state index in [-0.39, 0.29) is 3.41 Å². The Morgan fingerprint density at radius 1 is 0.789 bits per heavy atom. The van der Waals surface area contributed by atoms with E-state index in [4.69, 9.17) is 12.5 Å². The molecule has 0 spiro atoms. The van der Waals surface area contributed by atoms with Crippen molar-refractivity contribution < 1.29 is 12.5 Å². The van der Waals surface area contributed by atoms with Crippen LogP contribution in [-0.4, -0.2) is 33.5 Å². The van der Waals surface area contributed by atoms with Crippen LogP contribution in [0.3, 0.4) is 0 Å². The first kappa shape index (κ1) is 20.1. The van der Waals surface area contributed by atoms with Crippen LogP contribution in [0.2, 0.25) is 6.04 Å². The van der Waals surface area contributed by atoms with E-state index in [0.717, 1.165) is 45.5 Å². The van der Waals surface area contributed by atoms with Crippen LogP contribution in [0, 0.1) is 0 Å². The smallest absolute Gasteiger partial charge is 0.183 e. The highest BCUT2D eigenvalue weighted by Gasteiger charge is 2.35. The molecule has 0 aliphatic rings. The summed E-state index contributed by atoms with van der Waals surface area (Å²) < 4.78 is 16.9. The maximum absolute atomic E-state index is 5.69. The molecule has 0 aliphatic heterocycles. The van der Waals surface area contributed by atoms with Crippen LogP contribution >= 0.6 is 36.1 Å². The van der Waals surface area contributed by atoms with Crippen molar-refractivity contribution in [3.63, 3.8) is 0 Å². The minimum absolute atomic E-state index is 0.179. The third-order valence-corrected chi connectivity index (χ3v) is 5.93. The van der Waals surface area contributed by atoms with Gasteiger partial charge < -0.3 is 12.5 Å². The lowest BCUT2D eigenvalue weighted by Crippen LogP contribution is -2.18. The predicted molar refractivity (Wildman–Crippen MR) is 93.6 cm³/mol. The van der Waals surface area contributed by atoms with Gasteiger partial charge in [-0.15, -0.1) is 0 Å². The molecule has 0 saturated carbocycles. The second-order valence-electron chi connectivity index (χ2n) is 4.15. The monoisotopic (exact) mass is 344 g/mol. The molecule has 0 N–H and O–H groups in total. The molecule has 0 radical (unpaired) electrons. The highest BCUT2D eigenvalue weighted by molar-refractivity contribution is 8.29. The summed E-state index contributed by atoms with van der Waals surface area (Å²) >= 11 is 4.55.